The van der Waals surface area contributed by atoms with E-state index in [0.29, 0.717) is 23.7 Å². The first-order valence-corrected chi connectivity index (χ1v) is 10.3. The molecule has 0 saturated heterocycles. The van der Waals surface area contributed by atoms with Crippen molar-refractivity contribution in [1.82, 2.24) is 0 Å². The summed E-state index contributed by atoms with van der Waals surface area (Å²) >= 11 is 2.11. The normalized spacial score (nSPS) is 10.8. The predicted molar refractivity (Wildman–Crippen MR) is 125 cm³/mol. The van der Waals surface area contributed by atoms with E-state index in [9.17, 15) is 14.4 Å². The maximum atomic E-state index is 13.8. The first-order chi connectivity index (χ1) is 15.0. The molecule has 1 N–H and O–H groups in total. The molecule has 5 nitrogen and oxygen atoms in total. The fraction of sp³-hybridized carbons (Fsp3) is 0.0833. The number of methoxy groups -OCH3 is 1. The van der Waals surface area contributed by atoms with Crippen LogP contribution in [-0.4, -0.2) is 13.0 Å². The monoisotopic (exact) mass is 528 g/mol. The molecule has 0 aliphatic carbocycles. The third kappa shape index (κ3) is 5.83. The zero-order chi connectivity index (χ0) is 22.2. The molecule has 0 spiro atoms. The molecule has 0 atom stereocenters. The summed E-state index contributed by atoms with van der Waals surface area (Å²) in [6, 6.07) is 20.8. The fourth-order valence-electron chi connectivity index (χ4n) is 2.76. The van der Waals surface area contributed by atoms with Crippen molar-refractivity contribution in [3.05, 3.63) is 92.8 Å². The van der Waals surface area contributed by atoms with Gasteiger partial charge in [0.15, 0.2) is 11.5 Å². The lowest BCUT2D eigenvalue weighted by atomic mass is 10.1. The number of para-hydroxylation sites is 1. The van der Waals surface area contributed by atoms with Gasteiger partial charge in [-0.25, -0.2) is 4.39 Å². The number of benzene rings is 3. The molecule has 0 heterocycles. The average molecular weight is 528 g/mol. The van der Waals surface area contributed by atoms with Gasteiger partial charge in [0, 0.05) is 0 Å². The van der Waals surface area contributed by atoms with Crippen molar-refractivity contribution < 1.29 is 18.7 Å². The molecule has 0 fully saturated rings. The third-order valence-corrected chi connectivity index (χ3v) is 5.08. The number of nitrogens with one attached hydrogen (secondary N) is 1. The summed E-state index contributed by atoms with van der Waals surface area (Å²) in [5.41, 5.74) is 1.43. The lowest BCUT2D eigenvalue weighted by Gasteiger charge is -2.14. The molecule has 0 bridgehead atoms. The molecule has 3 aromatic rings. The topological polar surface area (TPSA) is 71.3 Å². The van der Waals surface area contributed by atoms with Crippen LogP contribution in [0.5, 0.6) is 11.5 Å². The number of hydrogen-bond acceptors (Lipinski definition) is 4. The third-order valence-electron chi connectivity index (χ3n) is 4.28. The van der Waals surface area contributed by atoms with Crippen LogP contribution in [0.25, 0.3) is 6.08 Å². The second-order valence-corrected chi connectivity index (χ2v) is 7.57. The Bertz CT molecular complexity index is 1160. The molecule has 31 heavy (non-hydrogen) atoms. The molecule has 0 saturated carbocycles. The van der Waals surface area contributed by atoms with Gasteiger partial charge in [-0.3, -0.25) is 4.79 Å². The molecule has 0 radical (unpaired) electrons. The molecule has 0 unspecified atom stereocenters. The Morgan fingerprint density at radius 1 is 1.16 bits per heavy atom. The molecule has 7 heteroatoms. The Balaban J connectivity index is 1.83. The number of halogens is 2. The highest BCUT2D eigenvalue weighted by Crippen LogP contribution is 2.35. The number of hydrogen-bond donors (Lipinski definition) is 1. The number of carbonyl (C=O) groups excluding carboxylic acids is 1. The summed E-state index contributed by atoms with van der Waals surface area (Å²) in [5, 5.41) is 11.8. The SMILES string of the molecule is COc1cc(/C=C(/C#N)C(=O)Nc2ccccc2F)cc(I)c1OCc1ccccc1. The number of amides is 1. The predicted octanol–water partition coefficient (Wildman–Crippen LogP) is 5.56. The van der Waals surface area contributed by atoms with Crippen LogP contribution in [0.3, 0.4) is 0 Å². The van der Waals surface area contributed by atoms with Crippen LogP contribution < -0.4 is 14.8 Å². The lowest BCUT2D eigenvalue weighted by molar-refractivity contribution is -0.112. The second-order valence-electron chi connectivity index (χ2n) is 6.41. The van der Waals surface area contributed by atoms with Gasteiger partial charge in [0.05, 0.1) is 16.4 Å². The van der Waals surface area contributed by atoms with E-state index in [-0.39, 0.29) is 11.3 Å². The van der Waals surface area contributed by atoms with Crippen molar-refractivity contribution in [2.24, 2.45) is 0 Å². The van der Waals surface area contributed by atoms with Gasteiger partial charge < -0.3 is 14.8 Å². The summed E-state index contributed by atoms with van der Waals surface area (Å²) in [7, 11) is 1.52. The number of nitriles is 1. The van der Waals surface area contributed by atoms with Gasteiger partial charge in [-0.05, 0) is 64.1 Å². The van der Waals surface area contributed by atoms with Gasteiger partial charge in [0.25, 0.3) is 5.91 Å². The minimum atomic E-state index is -0.703. The van der Waals surface area contributed by atoms with Crippen LogP contribution in [0, 0.1) is 20.7 Å². The lowest BCUT2D eigenvalue weighted by Crippen LogP contribution is -2.14. The van der Waals surface area contributed by atoms with Crippen LogP contribution in [0.15, 0.2) is 72.3 Å². The van der Waals surface area contributed by atoms with Gasteiger partial charge in [-0.2, -0.15) is 5.26 Å². The highest BCUT2D eigenvalue weighted by molar-refractivity contribution is 14.1. The number of carbonyl (C=O) groups is 1. The molecule has 156 valence electrons. The fourth-order valence-corrected chi connectivity index (χ4v) is 3.54. The number of anilines is 1. The zero-order valence-electron chi connectivity index (χ0n) is 16.6. The Kier molecular flexibility index (Phi) is 7.62. The van der Waals surface area contributed by atoms with Gasteiger partial charge in [-0.1, -0.05) is 42.5 Å². The van der Waals surface area contributed by atoms with Crippen molar-refractivity contribution in [2.75, 3.05) is 12.4 Å². The summed E-state index contributed by atoms with van der Waals surface area (Å²) in [5.74, 6) is -0.241. The van der Waals surface area contributed by atoms with E-state index in [1.54, 1.807) is 18.2 Å². The quantitative estimate of drug-likeness (QED) is 0.248. The summed E-state index contributed by atoms with van der Waals surface area (Å²) < 4.78 is 25.9. The molecule has 1 amide bonds. The molecule has 0 aliphatic rings. The van der Waals surface area contributed by atoms with E-state index in [0.717, 1.165) is 9.13 Å². The average Bonchev–Trinajstić information content (AvgIpc) is 2.78. The largest absolute Gasteiger partial charge is 0.493 e. The van der Waals surface area contributed by atoms with E-state index in [2.05, 4.69) is 27.9 Å². The van der Waals surface area contributed by atoms with Crippen LogP contribution in [-0.2, 0) is 11.4 Å². The molecular weight excluding hydrogens is 510 g/mol. The maximum absolute atomic E-state index is 13.8. The maximum Gasteiger partial charge on any atom is 0.266 e. The second kappa shape index (κ2) is 10.6. The molecule has 3 rings (SSSR count). The number of nitrogens with zero attached hydrogens (tertiary/aromatic N) is 1. The first-order valence-electron chi connectivity index (χ1n) is 9.23. The van der Waals surface area contributed by atoms with Gasteiger partial charge in [0.1, 0.15) is 24.1 Å². The Hall–Kier alpha value is -3.38. The van der Waals surface area contributed by atoms with Crippen LogP contribution in [0.4, 0.5) is 10.1 Å². The van der Waals surface area contributed by atoms with Crippen molar-refractivity contribution >= 4 is 40.3 Å². The van der Waals surface area contributed by atoms with E-state index < -0.39 is 11.7 Å². The summed E-state index contributed by atoms with van der Waals surface area (Å²) in [6.07, 6.45) is 1.42. The Morgan fingerprint density at radius 3 is 2.55 bits per heavy atom. The number of ether oxygens (including phenoxy) is 2. The smallest absolute Gasteiger partial charge is 0.266 e. The van der Waals surface area contributed by atoms with E-state index in [1.165, 1.54) is 31.4 Å². The number of rotatable bonds is 7. The standard InChI is InChI=1S/C24H18FIN2O3/c1-30-22-13-17(12-20(26)23(22)31-15-16-7-3-2-4-8-16)11-18(14-27)24(29)28-21-10-6-5-9-19(21)25/h2-13H,15H2,1H3,(H,28,29)/b18-11-. The molecule has 3 aromatic carbocycles. The van der Waals surface area contributed by atoms with Crippen LogP contribution in [0.2, 0.25) is 0 Å². The minimum absolute atomic E-state index is 0.00507. The van der Waals surface area contributed by atoms with Gasteiger partial charge >= 0.3 is 0 Å². The molecule has 0 aromatic heterocycles. The van der Waals surface area contributed by atoms with E-state index >= 15 is 0 Å². The van der Waals surface area contributed by atoms with Crippen molar-refractivity contribution in [3.63, 3.8) is 0 Å². The summed E-state index contributed by atoms with van der Waals surface area (Å²) in [4.78, 5) is 12.4. The van der Waals surface area contributed by atoms with Crippen molar-refractivity contribution in [2.45, 2.75) is 6.61 Å². The highest BCUT2D eigenvalue weighted by atomic mass is 127. The highest BCUT2D eigenvalue weighted by Gasteiger charge is 2.15. The van der Waals surface area contributed by atoms with Crippen LogP contribution in [0.1, 0.15) is 11.1 Å². The Labute approximate surface area is 193 Å². The van der Waals surface area contributed by atoms with Crippen molar-refractivity contribution in [1.29, 1.82) is 5.26 Å². The van der Waals surface area contributed by atoms with E-state index in [1.807, 2.05) is 36.4 Å². The van der Waals surface area contributed by atoms with Crippen LogP contribution >= 0.6 is 22.6 Å². The molecular formula is C24H18FIN2O3. The first kappa shape index (κ1) is 22.3. The molecule has 0 aliphatic heterocycles. The minimum Gasteiger partial charge on any atom is -0.493 e. The van der Waals surface area contributed by atoms with Gasteiger partial charge in [0.2, 0.25) is 0 Å². The van der Waals surface area contributed by atoms with Gasteiger partial charge in [-0.15, -0.1) is 0 Å². The Morgan fingerprint density at radius 2 is 1.87 bits per heavy atom. The summed E-state index contributed by atoms with van der Waals surface area (Å²) in [6.45, 7) is 0.372. The van der Waals surface area contributed by atoms with Crippen molar-refractivity contribution in [3.8, 4) is 17.6 Å². The van der Waals surface area contributed by atoms with E-state index in [4.69, 9.17) is 9.47 Å². The zero-order valence-corrected chi connectivity index (χ0v) is 18.7.